The van der Waals surface area contributed by atoms with Gasteiger partial charge in [0.05, 0.1) is 16.6 Å². The van der Waals surface area contributed by atoms with Crippen molar-refractivity contribution < 1.29 is 14.8 Å². The lowest BCUT2D eigenvalue weighted by Gasteiger charge is -2.03. The third kappa shape index (κ3) is 2.69. The van der Waals surface area contributed by atoms with E-state index in [0.717, 1.165) is 4.57 Å². The highest BCUT2D eigenvalue weighted by atomic mass is 32.1. The highest BCUT2D eigenvalue weighted by Crippen LogP contribution is 2.31. The molecular formula is C14H9N3O5S. The number of fused-ring (bicyclic) bond motifs is 1. The van der Waals surface area contributed by atoms with Crippen molar-refractivity contribution in [2.75, 3.05) is 0 Å². The predicted molar refractivity (Wildman–Crippen MR) is 83.6 cm³/mol. The Morgan fingerprint density at radius 1 is 1.35 bits per heavy atom. The molecule has 0 spiro atoms. The van der Waals surface area contributed by atoms with Gasteiger partial charge < -0.3 is 5.11 Å². The molecule has 0 unspecified atom stereocenters. The Morgan fingerprint density at radius 3 is 2.65 bits per heavy atom. The normalized spacial score (nSPS) is 10.8. The van der Waals surface area contributed by atoms with E-state index in [1.807, 2.05) is 0 Å². The van der Waals surface area contributed by atoms with Crippen LogP contribution in [0, 0.1) is 10.1 Å². The molecular weight excluding hydrogens is 322 g/mol. The second kappa shape index (κ2) is 5.61. The number of rotatable bonds is 4. The van der Waals surface area contributed by atoms with Crippen molar-refractivity contribution in [3.63, 3.8) is 0 Å². The number of hydrogen-bond acceptors (Lipinski definition) is 6. The average molecular weight is 331 g/mol. The highest BCUT2D eigenvalue weighted by Gasteiger charge is 2.15. The van der Waals surface area contributed by atoms with Crippen LogP contribution in [0.5, 0.6) is 0 Å². The molecule has 0 fully saturated rings. The average Bonchev–Trinajstić information content (AvgIpc) is 2.94. The minimum atomic E-state index is -1.14. The van der Waals surface area contributed by atoms with Crippen LogP contribution in [-0.4, -0.2) is 25.6 Å². The van der Waals surface area contributed by atoms with Gasteiger partial charge in [-0.1, -0.05) is 0 Å². The molecule has 9 heteroatoms. The van der Waals surface area contributed by atoms with Gasteiger partial charge in [0.1, 0.15) is 11.4 Å². The van der Waals surface area contributed by atoms with Crippen molar-refractivity contribution >= 4 is 33.2 Å². The van der Waals surface area contributed by atoms with Crippen molar-refractivity contribution in [3.05, 3.63) is 56.4 Å². The third-order valence-electron chi connectivity index (χ3n) is 3.26. The molecule has 0 aliphatic heterocycles. The summed E-state index contributed by atoms with van der Waals surface area (Å²) in [6.45, 7) is -0.475. The number of carbonyl (C=O) groups is 1. The summed E-state index contributed by atoms with van der Waals surface area (Å²) in [7, 11) is 0. The van der Waals surface area contributed by atoms with Crippen molar-refractivity contribution in [2.24, 2.45) is 0 Å². The molecule has 0 bridgehead atoms. The first-order chi connectivity index (χ1) is 11.0. The molecule has 0 aliphatic rings. The second-order valence-corrected chi connectivity index (χ2v) is 5.56. The quantitative estimate of drug-likeness (QED) is 0.578. The molecule has 0 saturated heterocycles. The first kappa shape index (κ1) is 14.9. The van der Waals surface area contributed by atoms with Crippen LogP contribution < -0.4 is 5.56 Å². The highest BCUT2D eigenvalue weighted by molar-refractivity contribution is 7.17. The Hall–Kier alpha value is -3.07. The number of thiophene rings is 1. The van der Waals surface area contributed by atoms with E-state index in [9.17, 15) is 19.7 Å². The number of benzene rings is 1. The summed E-state index contributed by atoms with van der Waals surface area (Å²) >= 11 is 1.26. The van der Waals surface area contributed by atoms with Crippen LogP contribution in [0.2, 0.25) is 0 Å². The summed E-state index contributed by atoms with van der Waals surface area (Å²) < 4.78 is 1.02. The van der Waals surface area contributed by atoms with E-state index in [2.05, 4.69) is 4.98 Å². The molecule has 2 heterocycles. The van der Waals surface area contributed by atoms with Gasteiger partial charge in [-0.25, -0.2) is 4.98 Å². The predicted octanol–water partition coefficient (Wildman–Crippen LogP) is 2.12. The third-order valence-corrected chi connectivity index (χ3v) is 4.14. The lowest BCUT2D eigenvalue weighted by Crippen LogP contribution is -2.24. The molecule has 1 N–H and O–H groups in total. The van der Waals surface area contributed by atoms with E-state index >= 15 is 0 Å². The van der Waals surface area contributed by atoms with Crippen LogP contribution in [0.3, 0.4) is 0 Å². The van der Waals surface area contributed by atoms with Gasteiger partial charge in [-0.3, -0.25) is 24.3 Å². The summed E-state index contributed by atoms with van der Waals surface area (Å²) in [6, 6.07) is 5.80. The van der Waals surface area contributed by atoms with Gasteiger partial charge in [-0.05, 0) is 17.7 Å². The molecule has 0 amide bonds. The van der Waals surface area contributed by atoms with Crippen molar-refractivity contribution in [1.82, 2.24) is 9.55 Å². The van der Waals surface area contributed by atoms with Gasteiger partial charge in [0.25, 0.3) is 11.2 Å². The number of nitrogens with zero attached hydrogens (tertiary/aromatic N) is 3. The minimum Gasteiger partial charge on any atom is -0.480 e. The van der Waals surface area contributed by atoms with Crippen LogP contribution in [0.1, 0.15) is 0 Å². The monoisotopic (exact) mass is 331 g/mol. The van der Waals surface area contributed by atoms with Crippen LogP contribution in [-0.2, 0) is 11.3 Å². The summed E-state index contributed by atoms with van der Waals surface area (Å²) in [5.41, 5.74) is 0.715. The second-order valence-electron chi connectivity index (χ2n) is 4.70. The van der Waals surface area contributed by atoms with Gasteiger partial charge in [0.2, 0.25) is 0 Å². The molecule has 3 rings (SSSR count). The molecule has 116 valence electrons. The van der Waals surface area contributed by atoms with Crippen LogP contribution in [0.15, 0.2) is 40.8 Å². The zero-order chi connectivity index (χ0) is 16.6. The number of nitro benzene ring substituents is 1. The summed E-state index contributed by atoms with van der Waals surface area (Å²) in [6.07, 6.45) is 1.20. The van der Waals surface area contributed by atoms with E-state index in [1.165, 1.54) is 29.8 Å². The Labute approximate surface area is 132 Å². The van der Waals surface area contributed by atoms with E-state index < -0.39 is 23.0 Å². The fourth-order valence-corrected chi connectivity index (χ4v) is 3.11. The Bertz CT molecular complexity index is 974. The van der Waals surface area contributed by atoms with Gasteiger partial charge in [0.15, 0.2) is 0 Å². The molecule has 8 nitrogen and oxygen atoms in total. The molecule has 0 aliphatic carbocycles. The smallest absolute Gasteiger partial charge is 0.323 e. The first-order valence-electron chi connectivity index (χ1n) is 6.40. The SMILES string of the molecule is O=C(O)Cn1cnc2scc(-c3ccc([N+](=O)[O-])cc3)c2c1=O. The summed E-state index contributed by atoms with van der Waals surface area (Å²) in [4.78, 5) is 38.0. The zero-order valence-electron chi connectivity index (χ0n) is 11.5. The van der Waals surface area contributed by atoms with Crippen molar-refractivity contribution in [3.8, 4) is 11.1 Å². The maximum absolute atomic E-state index is 12.5. The molecule has 0 radical (unpaired) electrons. The maximum Gasteiger partial charge on any atom is 0.323 e. The van der Waals surface area contributed by atoms with Crippen molar-refractivity contribution in [1.29, 1.82) is 0 Å². The minimum absolute atomic E-state index is 0.0466. The summed E-state index contributed by atoms with van der Waals surface area (Å²) in [5, 5.41) is 21.6. The van der Waals surface area contributed by atoms with E-state index in [4.69, 9.17) is 5.11 Å². The van der Waals surface area contributed by atoms with Crippen LogP contribution >= 0.6 is 11.3 Å². The number of nitro groups is 1. The Balaban J connectivity index is 2.16. The number of aliphatic carboxylic acids is 1. The number of non-ortho nitro benzene ring substituents is 1. The lowest BCUT2D eigenvalue weighted by atomic mass is 10.1. The Kier molecular flexibility index (Phi) is 3.62. The molecule has 23 heavy (non-hydrogen) atoms. The van der Waals surface area contributed by atoms with E-state index in [1.54, 1.807) is 17.5 Å². The van der Waals surface area contributed by atoms with E-state index in [0.29, 0.717) is 21.3 Å². The number of carboxylic acid groups (broad SMARTS) is 1. The number of aromatic nitrogens is 2. The fourth-order valence-electron chi connectivity index (χ4n) is 2.20. The standard InChI is InChI=1S/C14H9N3O5S/c18-11(19)5-16-7-15-13-12(14(16)20)10(6-23-13)8-1-3-9(4-2-8)17(21)22/h1-4,6-7H,5H2,(H,18,19). The lowest BCUT2D eigenvalue weighted by molar-refractivity contribution is -0.384. The van der Waals surface area contributed by atoms with Crippen LogP contribution in [0.4, 0.5) is 5.69 Å². The van der Waals surface area contributed by atoms with E-state index in [-0.39, 0.29) is 5.69 Å². The van der Waals surface area contributed by atoms with Gasteiger partial charge in [-0.15, -0.1) is 11.3 Å². The molecule has 0 saturated carbocycles. The largest absolute Gasteiger partial charge is 0.480 e. The number of hydrogen-bond donors (Lipinski definition) is 1. The fraction of sp³-hybridized carbons (Fsp3) is 0.0714. The molecule has 3 aromatic rings. The van der Waals surface area contributed by atoms with Gasteiger partial charge in [0, 0.05) is 23.1 Å². The topological polar surface area (TPSA) is 115 Å². The zero-order valence-corrected chi connectivity index (χ0v) is 12.3. The molecule has 2 aromatic heterocycles. The van der Waals surface area contributed by atoms with Gasteiger partial charge in [-0.2, -0.15) is 0 Å². The molecule has 0 atom stereocenters. The van der Waals surface area contributed by atoms with Crippen LogP contribution in [0.25, 0.3) is 21.3 Å². The Morgan fingerprint density at radius 2 is 2.04 bits per heavy atom. The summed E-state index contributed by atoms with van der Waals surface area (Å²) in [5.74, 6) is -1.14. The number of carboxylic acids is 1. The first-order valence-corrected chi connectivity index (χ1v) is 7.28. The van der Waals surface area contributed by atoms with Crippen molar-refractivity contribution in [2.45, 2.75) is 6.54 Å². The van der Waals surface area contributed by atoms with Gasteiger partial charge >= 0.3 is 5.97 Å². The maximum atomic E-state index is 12.5. The molecule has 1 aromatic carbocycles.